The topological polar surface area (TPSA) is 91.2 Å². The van der Waals surface area contributed by atoms with E-state index in [4.69, 9.17) is 4.74 Å². The molecule has 0 heterocycles. The summed E-state index contributed by atoms with van der Waals surface area (Å²) in [5.41, 5.74) is 1.22. The SMILES string of the molecule is CCNC(=O)COc1ccc(/C=C(\C#N)C(=O)Nc2ccccc2Br)cc1. The van der Waals surface area contributed by atoms with Crippen LogP contribution in [0, 0.1) is 11.3 Å². The quantitative estimate of drug-likeness (QED) is 0.522. The monoisotopic (exact) mass is 427 g/mol. The summed E-state index contributed by atoms with van der Waals surface area (Å²) in [5.74, 6) is -0.174. The third kappa shape index (κ3) is 6.28. The minimum absolute atomic E-state index is 0.0262. The van der Waals surface area contributed by atoms with Crippen molar-refractivity contribution < 1.29 is 14.3 Å². The van der Waals surface area contributed by atoms with E-state index in [1.54, 1.807) is 42.5 Å². The molecule has 0 saturated heterocycles. The highest BCUT2D eigenvalue weighted by Gasteiger charge is 2.11. The van der Waals surface area contributed by atoms with Crippen LogP contribution >= 0.6 is 15.9 Å². The Labute approximate surface area is 166 Å². The molecule has 0 aliphatic rings. The van der Waals surface area contributed by atoms with Gasteiger partial charge in [0.25, 0.3) is 11.8 Å². The highest BCUT2D eigenvalue weighted by molar-refractivity contribution is 9.10. The molecule has 0 aliphatic carbocycles. The molecule has 0 aliphatic heterocycles. The van der Waals surface area contributed by atoms with Crippen LogP contribution in [0.4, 0.5) is 5.69 Å². The Bertz CT molecular complexity index is 886. The van der Waals surface area contributed by atoms with Gasteiger partial charge < -0.3 is 15.4 Å². The largest absolute Gasteiger partial charge is 0.484 e. The molecule has 0 bridgehead atoms. The van der Waals surface area contributed by atoms with E-state index >= 15 is 0 Å². The summed E-state index contributed by atoms with van der Waals surface area (Å²) in [5, 5.41) is 14.6. The normalized spacial score (nSPS) is 10.6. The van der Waals surface area contributed by atoms with Crippen molar-refractivity contribution >= 4 is 39.5 Å². The summed E-state index contributed by atoms with van der Waals surface area (Å²) in [6, 6.07) is 15.8. The maximum absolute atomic E-state index is 12.3. The van der Waals surface area contributed by atoms with Gasteiger partial charge in [-0.3, -0.25) is 9.59 Å². The molecule has 0 aromatic heterocycles. The Kier molecular flexibility index (Phi) is 7.59. The lowest BCUT2D eigenvalue weighted by molar-refractivity contribution is -0.123. The number of hydrogen-bond donors (Lipinski definition) is 2. The lowest BCUT2D eigenvalue weighted by Crippen LogP contribution is -2.28. The minimum Gasteiger partial charge on any atom is -0.484 e. The van der Waals surface area contributed by atoms with E-state index in [9.17, 15) is 14.9 Å². The molecule has 2 rings (SSSR count). The van der Waals surface area contributed by atoms with Crippen LogP contribution in [0.5, 0.6) is 5.75 Å². The van der Waals surface area contributed by atoms with Gasteiger partial charge in [0.15, 0.2) is 6.61 Å². The average molecular weight is 428 g/mol. The molecule has 7 heteroatoms. The van der Waals surface area contributed by atoms with Gasteiger partial charge in [-0.25, -0.2) is 0 Å². The Morgan fingerprint density at radius 1 is 1.19 bits per heavy atom. The van der Waals surface area contributed by atoms with E-state index in [0.29, 0.717) is 23.5 Å². The number of carbonyl (C=O) groups is 2. The second-order valence-corrected chi connectivity index (χ2v) is 6.27. The standard InChI is InChI=1S/C20H18BrN3O3/c1-2-23-19(25)13-27-16-9-7-14(8-10-16)11-15(12-22)20(26)24-18-6-4-3-5-17(18)21/h3-11H,2,13H2,1H3,(H,23,25)(H,24,26)/b15-11+. The van der Waals surface area contributed by atoms with Crippen molar-refractivity contribution in [3.63, 3.8) is 0 Å². The summed E-state index contributed by atoms with van der Waals surface area (Å²) in [4.78, 5) is 23.7. The number of anilines is 1. The Balaban J connectivity index is 2.04. The van der Waals surface area contributed by atoms with Crippen molar-refractivity contribution in [2.45, 2.75) is 6.92 Å². The van der Waals surface area contributed by atoms with Gasteiger partial charge in [0, 0.05) is 11.0 Å². The molecular formula is C20H18BrN3O3. The molecule has 2 amide bonds. The van der Waals surface area contributed by atoms with Crippen molar-refractivity contribution in [2.75, 3.05) is 18.5 Å². The van der Waals surface area contributed by atoms with Crippen LogP contribution in [0.25, 0.3) is 6.08 Å². The number of para-hydroxylation sites is 1. The number of halogens is 1. The van der Waals surface area contributed by atoms with Crippen LogP contribution in [-0.4, -0.2) is 25.0 Å². The lowest BCUT2D eigenvalue weighted by atomic mass is 10.1. The van der Waals surface area contributed by atoms with Crippen LogP contribution in [0.1, 0.15) is 12.5 Å². The van der Waals surface area contributed by atoms with Crippen molar-refractivity contribution in [3.05, 3.63) is 64.1 Å². The molecule has 0 spiro atoms. The predicted octanol–water partition coefficient (Wildman–Crippen LogP) is 3.51. The second kappa shape index (κ2) is 10.1. The van der Waals surface area contributed by atoms with Gasteiger partial charge in [-0.05, 0) is 58.8 Å². The number of nitrogens with one attached hydrogen (secondary N) is 2. The molecule has 0 atom stereocenters. The maximum Gasteiger partial charge on any atom is 0.266 e. The summed E-state index contributed by atoms with van der Waals surface area (Å²) >= 11 is 3.35. The first kappa shape index (κ1) is 20.2. The van der Waals surface area contributed by atoms with Crippen molar-refractivity contribution in [1.82, 2.24) is 5.32 Å². The van der Waals surface area contributed by atoms with Gasteiger partial charge in [0.2, 0.25) is 0 Å². The van der Waals surface area contributed by atoms with Crippen LogP contribution in [0.3, 0.4) is 0 Å². The predicted molar refractivity (Wildman–Crippen MR) is 107 cm³/mol. The van der Waals surface area contributed by atoms with Gasteiger partial charge in [-0.15, -0.1) is 0 Å². The number of likely N-dealkylation sites (N-methyl/N-ethyl adjacent to an activating group) is 1. The molecule has 6 nitrogen and oxygen atoms in total. The number of carbonyl (C=O) groups excluding carboxylic acids is 2. The zero-order valence-electron chi connectivity index (χ0n) is 14.7. The van der Waals surface area contributed by atoms with Gasteiger partial charge in [-0.2, -0.15) is 5.26 Å². The molecule has 0 radical (unpaired) electrons. The fourth-order valence-electron chi connectivity index (χ4n) is 2.12. The zero-order valence-corrected chi connectivity index (χ0v) is 16.2. The molecule has 27 heavy (non-hydrogen) atoms. The third-order valence-electron chi connectivity index (χ3n) is 3.42. The molecular weight excluding hydrogens is 410 g/mol. The van der Waals surface area contributed by atoms with E-state index in [1.807, 2.05) is 19.1 Å². The Morgan fingerprint density at radius 2 is 1.89 bits per heavy atom. The molecule has 0 saturated carbocycles. The first-order valence-corrected chi connectivity index (χ1v) is 9.00. The average Bonchev–Trinajstić information content (AvgIpc) is 2.67. The number of nitrogens with zero attached hydrogens (tertiary/aromatic N) is 1. The molecule has 2 N–H and O–H groups in total. The molecule has 0 unspecified atom stereocenters. The van der Waals surface area contributed by atoms with E-state index in [-0.39, 0.29) is 18.1 Å². The van der Waals surface area contributed by atoms with Crippen LogP contribution in [0.2, 0.25) is 0 Å². The van der Waals surface area contributed by atoms with Crippen molar-refractivity contribution in [1.29, 1.82) is 5.26 Å². The smallest absolute Gasteiger partial charge is 0.266 e. The molecule has 138 valence electrons. The highest BCUT2D eigenvalue weighted by Crippen LogP contribution is 2.22. The molecule has 0 fully saturated rings. The number of benzene rings is 2. The van der Waals surface area contributed by atoms with Gasteiger partial charge in [0.05, 0.1) is 5.69 Å². The maximum atomic E-state index is 12.3. The zero-order chi connectivity index (χ0) is 19.6. The van der Waals surface area contributed by atoms with E-state index in [2.05, 4.69) is 26.6 Å². The van der Waals surface area contributed by atoms with E-state index in [0.717, 1.165) is 4.47 Å². The Hall–Kier alpha value is -3.11. The van der Waals surface area contributed by atoms with Crippen LogP contribution < -0.4 is 15.4 Å². The summed E-state index contributed by atoms with van der Waals surface area (Å²) < 4.78 is 6.09. The lowest BCUT2D eigenvalue weighted by Gasteiger charge is -2.07. The third-order valence-corrected chi connectivity index (χ3v) is 4.11. The number of rotatable bonds is 7. The first-order valence-electron chi connectivity index (χ1n) is 8.20. The van der Waals surface area contributed by atoms with Gasteiger partial charge in [-0.1, -0.05) is 24.3 Å². The Morgan fingerprint density at radius 3 is 2.52 bits per heavy atom. The van der Waals surface area contributed by atoms with E-state index in [1.165, 1.54) is 6.08 Å². The first-order chi connectivity index (χ1) is 13.0. The molecule has 2 aromatic carbocycles. The summed E-state index contributed by atoms with van der Waals surface area (Å²) in [6.07, 6.45) is 1.49. The van der Waals surface area contributed by atoms with Crippen LogP contribution in [-0.2, 0) is 9.59 Å². The van der Waals surface area contributed by atoms with Crippen molar-refractivity contribution in [3.8, 4) is 11.8 Å². The van der Waals surface area contributed by atoms with E-state index < -0.39 is 5.91 Å². The van der Waals surface area contributed by atoms with Crippen LogP contribution in [0.15, 0.2) is 58.6 Å². The fourth-order valence-corrected chi connectivity index (χ4v) is 2.51. The molecule has 2 aromatic rings. The van der Waals surface area contributed by atoms with Gasteiger partial charge >= 0.3 is 0 Å². The summed E-state index contributed by atoms with van der Waals surface area (Å²) in [6.45, 7) is 2.31. The summed E-state index contributed by atoms with van der Waals surface area (Å²) in [7, 11) is 0. The number of nitriles is 1. The fraction of sp³-hybridized carbons (Fsp3) is 0.150. The van der Waals surface area contributed by atoms with Crippen molar-refractivity contribution in [2.24, 2.45) is 0 Å². The number of ether oxygens (including phenoxy) is 1. The minimum atomic E-state index is -0.499. The number of hydrogen-bond acceptors (Lipinski definition) is 4. The highest BCUT2D eigenvalue weighted by atomic mass is 79.9. The number of amides is 2. The van der Waals surface area contributed by atoms with Gasteiger partial charge in [0.1, 0.15) is 17.4 Å². The second-order valence-electron chi connectivity index (χ2n) is 5.42.